The first kappa shape index (κ1) is 18.2. The highest BCUT2D eigenvalue weighted by Gasteiger charge is 2.52. The van der Waals surface area contributed by atoms with Crippen LogP contribution in [-0.2, 0) is 4.79 Å². The number of anilines is 1. The van der Waals surface area contributed by atoms with E-state index in [9.17, 15) is 9.59 Å². The van der Waals surface area contributed by atoms with Crippen molar-refractivity contribution in [1.29, 1.82) is 0 Å². The van der Waals surface area contributed by atoms with E-state index in [1.165, 1.54) is 6.42 Å². The quantitative estimate of drug-likeness (QED) is 0.795. The van der Waals surface area contributed by atoms with Crippen LogP contribution in [0.2, 0.25) is 0 Å². The molecule has 1 unspecified atom stereocenters. The number of hydrogen-bond acceptors (Lipinski definition) is 5. The Hall–Kier alpha value is -2.18. The van der Waals surface area contributed by atoms with E-state index in [0.29, 0.717) is 23.8 Å². The number of carbonyl (C=O) groups excluding carboxylic acids is 2. The van der Waals surface area contributed by atoms with Crippen LogP contribution in [0.3, 0.4) is 0 Å². The molecule has 1 atom stereocenters. The summed E-state index contributed by atoms with van der Waals surface area (Å²) >= 11 is 0. The van der Waals surface area contributed by atoms with Gasteiger partial charge >= 0.3 is 0 Å². The molecule has 4 rings (SSSR count). The van der Waals surface area contributed by atoms with E-state index < -0.39 is 5.54 Å². The van der Waals surface area contributed by atoms with Gasteiger partial charge in [0.05, 0.1) is 11.3 Å². The number of carbonyl (C=O) groups is 2. The molecular formula is C20H29N5O2. The Morgan fingerprint density at radius 3 is 2.44 bits per heavy atom. The van der Waals surface area contributed by atoms with Crippen molar-refractivity contribution >= 4 is 17.8 Å². The maximum atomic E-state index is 13.3. The van der Waals surface area contributed by atoms with E-state index in [4.69, 9.17) is 0 Å². The fourth-order valence-corrected chi connectivity index (χ4v) is 4.89. The Kier molecular flexibility index (Phi) is 4.78. The number of rotatable bonds is 2. The van der Waals surface area contributed by atoms with Gasteiger partial charge in [-0.1, -0.05) is 0 Å². The number of aromatic nitrogens is 2. The maximum Gasteiger partial charge on any atom is 0.258 e. The first-order chi connectivity index (χ1) is 13.0. The van der Waals surface area contributed by atoms with Crippen molar-refractivity contribution in [3.05, 3.63) is 17.5 Å². The van der Waals surface area contributed by atoms with E-state index in [1.807, 2.05) is 14.0 Å². The number of likely N-dealkylation sites (tertiary alicyclic amines) is 2. The molecule has 3 aliphatic heterocycles. The van der Waals surface area contributed by atoms with Crippen LogP contribution in [0.4, 0.5) is 5.95 Å². The summed E-state index contributed by atoms with van der Waals surface area (Å²) in [7, 11) is 1.84. The average molecular weight is 371 g/mol. The largest absolute Gasteiger partial charge is 0.344 e. The van der Waals surface area contributed by atoms with Crippen molar-refractivity contribution in [3.63, 3.8) is 0 Å². The number of hydrogen-bond donors (Lipinski definition) is 0. The molecule has 3 aliphatic rings. The molecular weight excluding hydrogens is 342 g/mol. The van der Waals surface area contributed by atoms with E-state index >= 15 is 0 Å². The van der Waals surface area contributed by atoms with Crippen molar-refractivity contribution in [2.24, 2.45) is 0 Å². The van der Waals surface area contributed by atoms with Gasteiger partial charge < -0.3 is 14.7 Å². The first-order valence-corrected chi connectivity index (χ1v) is 10.2. The Labute approximate surface area is 160 Å². The molecule has 7 nitrogen and oxygen atoms in total. The number of aryl methyl sites for hydroxylation is 1. The molecule has 146 valence electrons. The predicted octanol–water partition coefficient (Wildman–Crippen LogP) is 2.00. The molecule has 7 heteroatoms. The number of nitrogens with zero attached hydrogens (tertiary/aromatic N) is 5. The van der Waals surface area contributed by atoms with Gasteiger partial charge in [0.1, 0.15) is 5.54 Å². The Morgan fingerprint density at radius 1 is 1.04 bits per heavy atom. The van der Waals surface area contributed by atoms with E-state index in [-0.39, 0.29) is 11.8 Å². The Morgan fingerprint density at radius 2 is 1.74 bits per heavy atom. The smallest absolute Gasteiger partial charge is 0.258 e. The van der Waals surface area contributed by atoms with Gasteiger partial charge in [0, 0.05) is 39.4 Å². The molecule has 2 amide bonds. The third-order valence-electron chi connectivity index (χ3n) is 6.40. The molecule has 0 aromatic carbocycles. The number of piperidine rings is 2. The fourth-order valence-electron chi connectivity index (χ4n) is 4.89. The van der Waals surface area contributed by atoms with E-state index in [1.54, 1.807) is 16.0 Å². The van der Waals surface area contributed by atoms with Gasteiger partial charge in [0.15, 0.2) is 0 Å². The van der Waals surface area contributed by atoms with Crippen LogP contribution in [-0.4, -0.2) is 70.3 Å². The minimum Gasteiger partial charge on any atom is -0.344 e. The lowest BCUT2D eigenvalue weighted by Crippen LogP contribution is -2.60. The lowest BCUT2D eigenvalue weighted by molar-refractivity contribution is -0.144. The normalized spacial score (nSPS) is 26.1. The monoisotopic (exact) mass is 371 g/mol. The summed E-state index contributed by atoms with van der Waals surface area (Å²) in [4.78, 5) is 41.2. The highest BCUT2D eigenvalue weighted by Crippen LogP contribution is 2.39. The SMILES string of the molecule is Cc1nc(N2CCCCC2)ncc1C(=O)N1CCCC12CCCN(C)C2=O. The molecule has 27 heavy (non-hydrogen) atoms. The zero-order chi connectivity index (χ0) is 19.0. The molecule has 0 N–H and O–H groups in total. The summed E-state index contributed by atoms with van der Waals surface area (Å²) in [5.74, 6) is 0.704. The van der Waals surface area contributed by atoms with Gasteiger partial charge in [0.25, 0.3) is 5.91 Å². The Balaban J connectivity index is 1.59. The Bertz CT molecular complexity index is 746. The summed E-state index contributed by atoms with van der Waals surface area (Å²) in [6.07, 6.45) is 8.57. The zero-order valence-corrected chi connectivity index (χ0v) is 16.4. The highest BCUT2D eigenvalue weighted by molar-refractivity contribution is 6.00. The second-order valence-electron chi connectivity index (χ2n) is 8.14. The van der Waals surface area contributed by atoms with E-state index in [0.717, 1.165) is 58.2 Å². The molecule has 0 aliphatic carbocycles. The molecule has 4 heterocycles. The standard InChI is InChI=1S/C20H29N5O2/c1-15-16(14-21-19(22-15)24-11-4-3-5-12-24)17(26)25-13-7-9-20(25)8-6-10-23(2)18(20)27/h14H,3-13H2,1-2H3. The summed E-state index contributed by atoms with van der Waals surface area (Å²) in [6, 6.07) is 0. The third-order valence-corrected chi connectivity index (χ3v) is 6.40. The van der Waals surface area contributed by atoms with Crippen molar-refractivity contribution in [1.82, 2.24) is 19.8 Å². The summed E-state index contributed by atoms with van der Waals surface area (Å²) in [5, 5.41) is 0. The highest BCUT2D eigenvalue weighted by atomic mass is 16.2. The summed E-state index contributed by atoms with van der Waals surface area (Å²) in [5.41, 5.74) is 0.564. The number of likely N-dealkylation sites (N-methyl/N-ethyl adjacent to an activating group) is 1. The van der Waals surface area contributed by atoms with Gasteiger partial charge in [0.2, 0.25) is 11.9 Å². The molecule has 0 saturated carbocycles. The van der Waals surface area contributed by atoms with Gasteiger partial charge in [-0.25, -0.2) is 9.97 Å². The molecule has 3 saturated heterocycles. The topological polar surface area (TPSA) is 69.6 Å². The second kappa shape index (κ2) is 7.09. The molecule has 3 fully saturated rings. The first-order valence-electron chi connectivity index (χ1n) is 10.2. The fraction of sp³-hybridized carbons (Fsp3) is 0.700. The van der Waals surface area contributed by atoms with Crippen molar-refractivity contribution in [3.8, 4) is 0 Å². The average Bonchev–Trinajstić information content (AvgIpc) is 3.10. The van der Waals surface area contributed by atoms with Crippen LogP contribution in [0.25, 0.3) is 0 Å². The molecule has 0 radical (unpaired) electrons. The van der Waals surface area contributed by atoms with Crippen LogP contribution in [0, 0.1) is 6.92 Å². The molecule has 1 aromatic rings. The lowest BCUT2D eigenvalue weighted by Gasteiger charge is -2.43. The minimum absolute atomic E-state index is 0.0862. The zero-order valence-electron chi connectivity index (χ0n) is 16.4. The minimum atomic E-state index is -0.665. The third kappa shape index (κ3) is 3.07. The van der Waals surface area contributed by atoms with Crippen LogP contribution >= 0.6 is 0 Å². The van der Waals surface area contributed by atoms with Gasteiger partial charge in [-0.2, -0.15) is 0 Å². The number of amides is 2. The van der Waals surface area contributed by atoms with Crippen molar-refractivity contribution in [2.45, 2.75) is 57.4 Å². The molecule has 1 aromatic heterocycles. The van der Waals surface area contributed by atoms with E-state index in [2.05, 4.69) is 14.9 Å². The van der Waals surface area contributed by atoms with Crippen LogP contribution < -0.4 is 4.90 Å². The van der Waals surface area contributed by atoms with Gasteiger partial charge in [-0.05, 0) is 51.9 Å². The van der Waals surface area contributed by atoms with Crippen LogP contribution in [0.15, 0.2) is 6.20 Å². The van der Waals surface area contributed by atoms with Crippen molar-refractivity contribution < 1.29 is 9.59 Å². The lowest BCUT2D eigenvalue weighted by atomic mass is 9.85. The summed E-state index contributed by atoms with van der Waals surface area (Å²) in [6.45, 7) is 5.23. The maximum absolute atomic E-state index is 13.3. The van der Waals surface area contributed by atoms with Gasteiger partial charge in [-0.15, -0.1) is 0 Å². The van der Waals surface area contributed by atoms with Crippen LogP contribution in [0.5, 0.6) is 0 Å². The summed E-state index contributed by atoms with van der Waals surface area (Å²) < 4.78 is 0. The van der Waals surface area contributed by atoms with Crippen molar-refractivity contribution in [2.75, 3.05) is 38.1 Å². The van der Waals surface area contributed by atoms with Gasteiger partial charge in [-0.3, -0.25) is 9.59 Å². The van der Waals surface area contributed by atoms with Crippen LogP contribution in [0.1, 0.15) is 61.0 Å². The molecule has 1 spiro atoms. The second-order valence-corrected chi connectivity index (χ2v) is 8.14. The predicted molar refractivity (Wildman–Crippen MR) is 103 cm³/mol. The molecule has 0 bridgehead atoms.